The molecule has 1 aromatic carbocycles. The molecule has 4 heteroatoms. The Morgan fingerprint density at radius 2 is 2.11 bits per heavy atom. The monoisotopic (exact) mass is 245 g/mol. The third kappa shape index (κ3) is 2.32. The van der Waals surface area contributed by atoms with Crippen LogP contribution in [0.1, 0.15) is 18.2 Å². The lowest BCUT2D eigenvalue weighted by molar-refractivity contribution is 0.411. The van der Waals surface area contributed by atoms with E-state index in [0.717, 1.165) is 35.2 Å². The molecule has 2 aromatic rings. The van der Waals surface area contributed by atoms with Gasteiger partial charge in [0.25, 0.3) is 0 Å². The molecule has 1 heterocycles. The van der Waals surface area contributed by atoms with Crippen molar-refractivity contribution in [3.8, 4) is 11.4 Å². The van der Waals surface area contributed by atoms with Gasteiger partial charge in [0.15, 0.2) is 0 Å². The zero-order valence-corrected chi connectivity index (χ0v) is 11.3. The molecule has 4 nitrogen and oxygen atoms in total. The van der Waals surface area contributed by atoms with E-state index in [0.29, 0.717) is 0 Å². The van der Waals surface area contributed by atoms with Crippen LogP contribution < -0.4 is 10.1 Å². The van der Waals surface area contributed by atoms with Crippen molar-refractivity contribution in [1.29, 1.82) is 0 Å². The number of ether oxygens (including phenoxy) is 1. The fourth-order valence-corrected chi connectivity index (χ4v) is 1.99. The fourth-order valence-electron chi connectivity index (χ4n) is 1.99. The van der Waals surface area contributed by atoms with Crippen LogP contribution in [-0.4, -0.2) is 23.2 Å². The zero-order valence-electron chi connectivity index (χ0n) is 11.3. The molecule has 0 radical (unpaired) electrons. The predicted molar refractivity (Wildman–Crippen MR) is 73.8 cm³/mol. The van der Waals surface area contributed by atoms with Gasteiger partial charge in [-0.1, -0.05) is 0 Å². The summed E-state index contributed by atoms with van der Waals surface area (Å²) in [7, 11) is 1.69. The maximum absolute atomic E-state index is 5.28. The average Bonchev–Trinajstić information content (AvgIpc) is 2.71. The summed E-state index contributed by atoms with van der Waals surface area (Å²) in [6.07, 6.45) is 2.03. The third-order valence-corrected chi connectivity index (χ3v) is 2.82. The molecule has 0 spiro atoms. The highest BCUT2D eigenvalue weighted by molar-refractivity contribution is 5.48. The van der Waals surface area contributed by atoms with Crippen molar-refractivity contribution in [3.63, 3.8) is 0 Å². The SMILES string of the molecule is CCNc1nc(C)cn1-c1ccc(OC)c(C)c1. The van der Waals surface area contributed by atoms with E-state index in [-0.39, 0.29) is 0 Å². The molecule has 96 valence electrons. The van der Waals surface area contributed by atoms with Gasteiger partial charge < -0.3 is 10.1 Å². The van der Waals surface area contributed by atoms with E-state index in [4.69, 9.17) is 4.74 Å². The van der Waals surface area contributed by atoms with Crippen molar-refractivity contribution in [2.24, 2.45) is 0 Å². The standard InChI is InChI=1S/C14H19N3O/c1-5-15-14-16-11(3)9-17(14)12-6-7-13(18-4)10(2)8-12/h6-9H,5H2,1-4H3,(H,15,16). The molecule has 0 saturated carbocycles. The maximum atomic E-state index is 5.28. The minimum absolute atomic E-state index is 0.853. The highest BCUT2D eigenvalue weighted by Gasteiger charge is 2.08. The second-order valence-electron chi connectivity index (χ2n) is 4.26. The smallest absolute Gasteiger partial charge is 0.207 e. The lowest BCUT2D eigenvalue weighted by Crippen LogP contribution is -2.05. The first kappa shape index (κ1) is 12.5. The summed E-state index contributed by atoms with van der Waals surface area (Å²) in [5, 5.41) is 3.26. The number of benzene rings is 1. The normalized spacial score (nSPS) is 10.4. The number of aryl methyl sites for hydroxylation is 2. The Morgan fingerprint density at radius 3 is 2.72 bits per heavy atom. The van der Waals surface area contributed by atoms with E-state index in [1.807, 2.05) is 32.2 Å². The van der Waals surface area contributed by atoms with Crippen molar-refractivity contribution < 1.29 is 4.74 Å². The van der Waals surface area contributed by atoms with Crippen LogP contribution in [0.3, 0.4) is 0 Å². The molecular weight excluding hydrogens is 226 g/mol. The second kappa shape index (κ2) is 5.12. The quantitative estimate of drug-likeness (QED) is 0.900. The highest BCUT2D eigenvalue weighted by Crippen LogP contribution is 2.23. The molecule has 0 aliphatic heterocycles. The van der Waals surface area contributed by atoms with Gasteiger partial charge in [0.2, 0.25) is 5.95 Å². The lowest BCUT2D eigenvalue weighted by atomic mass is 10.2. The minimum Gasteiger partial charge on any atom is -0.496 e. The Labute approximate surface area is 108 Å². The van der Waals surface area contributed by atoms with Gasteiger partial charge in [-0.05, 0) is 44.5 Å². The van der Waals surface area contributed by atoms with E-state index in [9.17, 15) is 0 Å². The number of nitrogens with one attached hydrogen (secondary N) is 1. The van der Waals surface area contributed by atoms with E-state index in [1.165, 1.54) is 0 Å². The van der Waals surface area contributed by atoms with Crippen LogP contribution >= 0.6 is 0 Å². The molecule has 0 bridgehead atoms. The summed E-state index contributed by atoms with van der Waals surface area (Å²) in [6, 6.07) is 6.12. The van der Waals surface area contributed by atoms with Crippen molar-refractivity contribution >= 4 is 5.95 Å². The average molecular weight is 245 g/mol. The molecule has 0 atom stereocenters. The van der Waals surface area contributed by atoms with Crippen LogP contribution in [-0.2, 0) is 0 Å². The molecule has 0 aliphatic rings. The van der Waals surface area contributed by atoms with Crippen LogP contribution in [0.4, 0.5) is 5.95 Å². The Kier molecular flexibility index (Phi) is 3.55. The van der Waals surface area contributed by atoms with Gasteiger partial charge in [-0.25, -0.2) is 4.98 Å². The number of rotatable bonds is 4. The van der Waals surface area contributed by atoms with Gasteiger partial charge >= 0.3 is 0 Å². The summed E-state index contributed by atoms with van der Waals surface area (Å²) in [5.74, 6) is 1.78. The third-order valence-electron chi connectivity index (χ3n) is 2.82. The number of nitrogens with zero attached hydrogens (tertiary/aromatic N) is 2. The lowest BCUT2D eigenvalue weighted by Gasteiger charge is -2.11. The number of methoxy groups -OCH3 is 1. The predicted octanol–water partition coefficient (Wildman–Crippen LogP) is 2.93. The minimum atomic E-state index is 0.853. The number of imidazole rings is 1. The molecule has 2 rings (SSSR count). The van der Waals surface area contributed by atoms with E-state index >= 15 is 0 Å². The zero-order chi connectivity index (χ0) is 13.1. The number of anilines is 1. The molecule has 1 N–H and O–H groups in total. The summed E-state index contributed by atoms with van der Waals surface area (Å²) < 4.78 is 7.34. The topological polar surface area (TPSA) is 39.1 Å². The maximum Gasteiger partial charge on any atom is 0.207 e. The summed E-state index contributed by atoms with van der Waals surface area (Å²) >= 11 is 0. The Hall–Kier alpha value is -1.97. The van der Waals surface area contributed by atoms with Crippen molar-refractivity contribution in [3.05, 3.63) is 35.7 Å². The first-order valence-corrected chi connectivity index (χ1v) is 6.10. The largest absolute Gasteiger partial charge is 0.496 e. The molecule has 0 unspecified atom stereocenters. The van der Waals surface area contributed by atoms with Crippen molar-refractivity contribution in [1.82, 2.24) is 9.55 Å². The van der Waals surface area contributed by atoms with Gasteiger partial charge in [-0.15, -0.1) is 0 Å². The molecule has 1 aromatic heterocycles. The van der Waals surface area contributed by atoms with Gasteiger partial charge in [0.1, 0.15) is 5.75 Å². The summed E-state index contributed by atoms with van der Waals surface area (Å²) in [4.78, 5) is 4.47. The second-order valence-corrected chi connectivity index (χ2v) is 4.26. The van der Waals surface area contributed by atoms with Gasteiger partial charge in [-0.2, -0.15) is 0 Å². The molecular formula is C14H19N3O. The van der Waals surface area contributed by atoms with Crippen LogP contribution in [0.25, 0.3) is 5.69 Å². The Balaban J connectivity index is 2.44. The molecule has 0 amide bonds. The fraction of sp³-hybridized carbons (Fsp3) is 0.357. The van der Waals surface area contributed by atoms with Gasteiger partial charge in [-0.3, -0.25) is 4.57 Å². The summed E-state index contributed by atoms with van der Waals surface area (Å²) in [6.45, 7) is 6.95. The van der Waals surface area contributed by atoms with Crippen LogP contribution in [0, 0.1) is 13.8 Å². The van der Waals surface area contributed by atoms with Crippen LogP contribution in [0.5, 0.6) is 5.75 Å². The molecule has 18 heavy (non-hydrogen) atoms. The molecule has 0 saturated heterocycles. The van der Waals surface area contributed by atoms with Crippen molar-refractivity contribution in [2.45, 2.75) is 20.8 Å². The Morgan fingerprint density at radius 1 is 1.33 bits per heavy atom. The van der Waals surface area contributed by atoms with Crippen LogP contribution in [0.15, 0.2) is 24.4 Å². The Bertz CT molecular complexity index is 546. The van der Waals surface area contributed by atoms with Crippen molar-refractivity contribution in [2.75, 3.05) is 19.0 Å². The van der Waals surface area contributed by atoms with E-state index < -0.39 is 0 Å². The first-order chi connectivity index (χ1) is 8.65. The van der Waals surface area contributed by atoms with E-state index in [1.54, 1.807) is 7.11 Å². The van der Waals surface area contributed by atoms with E-state index in [2.05, 4.69) is 27.9 Å². The molecule has 0 fully saturated rings. The molecule has 0 aliphatic carbocycles. The van der Waals surface area contributed by atoms with Gasteiger partial charge in [0.05, 0.1) is 12.8 Å². The van der Waals surface area contributed by atoms with Crippen LogP contribution in [0.2, 0.25) is 0 Å². The number of aromatic nitrogens is 2. The number of hydrogen-bond donors (Lipinski definition) is 1. The highest BCUT2D eigenvalue weighted by atomic mass is 16.5. The van der Waals surface area contributed by atoms with Gasteiger partial charge in [0, 0.05) is 18.4 Å². The number of hydrogen-bond acceptors (Lipinski definition) is 3. The first-order valence-electron chi connectivity index (χ1n) is 6.10. The summed E-state index contributed by atoms with van der Waals surface area (Å²) in [5.41, 5.74) is 3.20.